The molecular formula is C16H27NO3. The first-order valence-electron chi connectivity index (χ1n) is 7.09. The van der Waals surface area contributed by atoms with Crippen LogP contribution in [0, 0.1) is 0 Å². The van der Waals surface area contributed by atoms with Crippen molar-refractivity contribution in [3.8, 4) is 5.75 Å². The smallest absolute Gasteiger partial charge is 0.124 e. The van der Waals surface area contributed by atoms with Crippen LogP contribution < -0.4 is 10.1 Å². The average Bonchev–Trinajstić information content (AvgIpc) is 2.43. The number of rotatable bonds is 9. The Labute approximate surface area is 122 Å². The number of hydrogen-bond acceptors (Lipinski definition) is 4. The summed E-state index contributed by atoms with van der Waals surface area (Å²) in [5.41, 5.74) is 1.06. The van der Waals surface area contributed by atoms with Crippen molar-refractivity contribution in [1.82, 2.24) is 5.32 Å². The Morgan fingerprint density at radius 2 is 1.80 bits per heavy atom. The molecule has 1 N–H and O–H groups in total. The molecule has 2 unspecified atom stereocenters. The maximum absolute atomic E-state index is 6.10. The SMILES string of the molecule is COCC(C)OC(CNC(C)C)c1ccccc1OC. The Morgan fingerprint density at radius 1 is 1.10 bits per heavy atom. The summed E-state index contributed by atoms with van der Waals surface area (Å²) in [5, 5.41) is 3.42. The van der Waals surface area contributed by atoms with Crippen LogP contribution in [0.1, 0.15) is 32.4 Å². The monoisotopic (exact) mass is 281 g/mol. The van der Waals surface area contributed by atoms with Crippen LogP contribution in [0.2, 0.25) is 0 Å². The van der Waals surface area contributed by atoms with Crippen LogP contribution in [-0.2, 0) is 9.47 Å². The summed E-state index contributed by atoms with van der Waals surface area (Å²) in [6.45, 7) is 7.58. The van der Waals surface area contributed by atoms with Gasteiger partial charge in [0.15, 0.2) is 0 Å². The third-order valence-corrected chi connectivity index (χ3v) is 3.00. The average molecular weight is 281 g/mol. The van der Waals surface area contributed by atoms with Gasteiger partial charge in [0.1, 0.15) is 5.75 Å². The Kier molecular flexibility index (Phi) is 7.59. The predicted octanol–water partition coefficient (Wildman–Crippen LogP) is 2.79. The fourth-order valence-corrected chi connectivity index (χ4v) is 2.06. The minimum Gasteiger partial charge on any atom is -0.496 e. The zero-order chi connectivity index (χ0) is 15.0. The highest BCUT2D eigenvalue weighted by Crippen LogP contribution is 2.28. The van der Waals surface area contributed by atoms with E-state index in [-0.39, 0.29) is 12.2 Å². The van der Waals surface area contributed by atoms with Crippen molar-refractivity contribution in [2.24, 2.45) is 0 Å². The molecule has 0 heterocycles. The minimum absolute atomic E-state index is 0.0314. The molecule has 0 saturated heterocycles. The number of hydrogen-bond donors (Lipinski definition) is 1. The highest BCUT2D eigenvalue weighted by Gasteiger charge is 2.19. The molecule has 4 nitrogen and oxygen atoms in total. The third-order valence-electron chi connectivity index (χ3n) is 3.00. The van der Waals surface area contributed by atoms with Gasteiger partial charge in [0.25, 0.3) is 0 Å². The maximum atomic E-state index is 6.10. The molecule has 4 heteroatoms. The zero-order valence-electron chi connectivity index (χ0n) is 13.2. The lowest BCUT2D eigenvalue weighted by Gasteiger charge is -2.25. The van der Waals surface area contributed by atoms with Gasteiger partial charge < -0.3 is 19.5 Å². The van der Waals surface area contributed by atoms with Crippen molar-refractivity contribution in [1.29, 1.82) is 0 Å². The van der Waals surface area contributed by atoms with Gasteiger partial charge in [-0.25, -0.2) is 0 Å². The molecule has 0 aromatic heterocycles. The van der Waals surface area contributed by atoms with Crippen LogP contribution in [0.3, 0.4) is 0 Å². The number of benzene rings is 1. The molecule has 20 heavy (non-hydrogen) atoms. The molecule has 1 rings (SSSR count). The first kappa shape index (κ1) is 17.0. The molecule has 0 aliphatic heterocycles. The molecule has 0 amide bonds. The van der Waals surface area contributed by atoms with E-state index in [0.29, 0.717) is 12.6 Å². The molecule has 0 radical (unpaired) electrons. The zero-order valence-corrected chi connectivity index (χ0v) is 13.2. The van der Waals surface area contributed by atoms with Crippen LogP contribution in [0.4, 0.5) is 0 Å². The number of para-hydroxylation sites is 1. The van der Waals surface area contributed by atoms with E-state index in [1.165, 1.54) is 0 Å². The van der Waals surface area contributed by atoms with E-state index in [9.17, 15) is 0 Å². The van der Waals surface area contributed by atoms with Gasteiger partial charge in [-0.3, -0.25) is 0 Å². The van der Waals surface area contributed by atoms with Gasteiger partial charge in [0.2, 0.25) is 0 Å². The summed E-state index contributed by atoms with van der Waals surface area (Å²) in [4.78, 5) is 0. The Hall–Kier alpha value is -1.10. The van der Waals surface area contributed by atoms with Crippen LogP contribution in [0.5, 0.6) is 5.75 Å². The number of methoxy groups -OCH3 is 2. The second kappa shape index (κ2) is 8.95. The maximum Gasteiger partial charge on any atom is 0.124 e. The highest BCUT2D eigenvalue weighted by atomic mass is 16.5. The fraction of sp³-hybridized carbons (Fsp3) is 0.625. The summed E-state index contributed by atoms with van der Waals surface area (Å²) < 4.78 is 16.7. The van der Waals surface area contributed by atoms with Gasteiger partial charge in [-0.1, -0.05) is 32.0 Å². The van der Waals surface area contributed by atoms with E-state index in [1.54, 1.807) is 14.2 Å². The van der Waals surface area contributed by atoms with E-state index in [0.717, 1.165) is 17.9 Å². The second-order valence-corrected chi connectivity index (χ2v) is 5.20. The molecule has 1 aromatic rings. The quantitative estimate of drug-likeness (QED) is 0.755. The van der Waals surface area contributed by atoms with Crippen molar-refractivity contribution in [2.45, 2.75) is 39.0 Å². The Morgan fingerprint density at radius 3 is 2.40 bits per heavy atom. The normalized spacial score (nSPS) is 14.3. The van der Waals surface area contributed by atoms with Crippen molar-refractivity contribution in [2.75, 3.05) is 27.4 Å². The summed E-state index contributed by atoms with van der Waals surface area (Å²) in [7, 11) is 3.37. The molecular weight excluding hydrogens is 254 g/mol. The van der Waals surface area contributed by atoms with E-state index < -0.39 is 0 Å². The van der Waals surface area contributed by atoms with Crippen molar-refractivity contribution in [3.63, 3.8) is 0 Å². The Balaban J connectivity index is 2.84. The van der Waals surface area contributed by atoms with Crippen LogP contribution in [-0.4, -0.2) is 39.5 Å². The fourth-order valence-electron chi connectivity index (χ4n) is 2.06. The molecule has 0 spiro atoms. The van der Waals surface area contributed by atoms with E-state index in [2.05, 4.69) is 19.2 Å². The topological polar surface area (TPSA) is 39.7 Å². The van der Waals surface area contributed by atoms with Gasteiger partial charge in [0.05, 0.1) is 25.9 Å². The largest absolute Gasteiger partial charge is 0.496 e. The lowest BCUT2D eigenvalue weighted by molar-refractivity contribution is -0.0406. The number of nitrogens with one attached hydrogen (secondary N) is 1. The summed E-state index contributed by atoms with van der Waals surface area (Å²) in [6, 6.07) is 8.39. The van der Waals surface area contributed by atoms with Crippen LogP contribution in [0.15, 0.2) is 24.3 Å². The van der Waals surface area contributed by atoms with Gasteiger partial charge >= 0.3 is 0 Å². The molecule has 0 aliphatic carbocycles. The lowest BCUT2D eigenvalue weighted by atomic mass is 10.1. The molecule has 114 valence electrons. The van der Waals surface area contributed by atoms with Crippen molar-refractivity contribution >= 4 is 0 Å². The summed E-state index contributed by atoms with van der Waals surface area (Å²) in [6.07, 6.45) is -0.0254. The third kappa shape index (κ3) is 5.49. The first-order valence-corrected chi connectivity index (χ1v) is 7.09. The number of ether oxygens (including phenoxy) is 3. The van der Waals surface area contributed by atoms with Crippen molar-refractivity contribution in [3.05, 3.63) is 29.8 Å². The molecule has 0 fully saturated rings. The van der Waals surface area contributed by atoms with Crippen molar-refractivity contribution < 1.29 is 14.2 Å². The van der Waals surface area contributed by atoms with E-state index in [1.807, 2.05) is 31.2 Å². The van der Waals surface area contributed by atoms with E-state index >= 15 is 0 Å². The Bertz CT molecular complexity index is 382. The van der Waals surface area contributed by atoms with Gasteiger partial charge in [-0.15, -0.1) is 0 Å². The molecule has 0 aliphatic rings. The first-order chi connectivity index (χ1) is 9.58. The minimum atomic E-state index is -0.0568. The van der Waals surface area contributed by atoms with Gasteiger partial charge in [-0.05, 0) is 13.0 Å². The van der Waals surface area contributed by atoms with Crippen LogP contribution in [0.25, 0.3) is 0 Å². The van der Waals surface area contributed by atoms with Gasteiger partial charge in [0, 0.05) is 25.3 Å². The molecule has 1 aromatic carbocycles. The molecule has 2 atom stereocenters. The van der Waals surface area contributed by atoms with Gasteiger partial charge in [-0.2, -0.15) is 0 Å². The second-order valence-electron chi connectivity index (χ2n) is 5.20. The predicted molar refractivity (Wildman–Crippen MR) is 81.3 cm³/mol. The van der Waals surface area contributed by atoms with Crippen LogP contribution >= 0.6 is 0 Å². The molecule has 0 bridgehead atoms. The van der Waals surface area contributed by atoms with E-state index in [4.69, 9.17) is 14.2 Å². The highest BCUT2D eigenvalue weighted by molar-refractivity contribution is 5.35. The summed E-state index contributed by atoms with van der Waals surface area (Å²) in [5.74, 6) is 0.854. The standard InChI is InChI=1S/C16H27NO3/c1-12(2)17-10-16(20-13(3)11-18-4)14-8-6-7-9-15(14)19-5/h6-9,12-13,16-17H,10-11H2,1-5H3. The lowest BCUT2D eigenvalue weighted by Crippen LogP contribution is -2.31. The molecule has 0 saturated carbocycles. The summed E-state index contributed by atoms with van der Waals surface area (Å²) >= 11 is 0.